The Labute approximate surface area is 86.6 Å². The van der Waals surface area contributed by atoms with Crippen LogP contribution < -0.4 is 0 Å². The van der Waals surface area contributed by atoms with Gasteiger partial charge < -0.3 is 9.84 Å². The van der Waals surface area contributed by atoms with Crippen molar-refractivity contribution in [2.45, 2.75) is 45.1 Å². The summed E-state index contributed by atoms with van der Waals surface area (Å²) < 4.78 is 5.33. The van der Waals surface area contributed by atoms with Gasteiger partial charge in [0.05, 0.1) is 6.10 Å². The zero-order valence-corrected chi connectivity index (χ0v) is 9.11. The van der Waals surface area contributed by atoms with Crippen molar-refractivity contribution >= 4 is 0 Å². The Morgan fingerprint density at radius 3 is 2.43 bits per heavy atom. The summed E-state index contributed by atoms with van der Waals surface area (Å²) in [5.41, 5.74) is 0. The molecule has 2 nitrogen and oxygen atoms in total. The number of hydrogen-bond donors (Lipinski definition) is 1. The maximum Gasteiger partial charge on any atom is 0.0600 e. The molecule has 0 amide bonds. The summed E-state index contributed by atoms with van der Waals surface area (Å²) in [7, 11) is 0. The van der Waals surface area contributed by atoms with Crippen LogP contribution in [0.4, 0.5) is 0 Å². The largest absolute Gasteiger partial charge is 0.393 e. The summed E-state index contributed by atoms with van der Waals surface area (Å²) in [5, 5.41) is 10.3. The maximum absolute atomic E-state index is 10.3. The van der Waals surface area contributed by atoms with Gasteiger partial charge in [0.2, 0.25) is 0 Å². The molecule has 3 unspecified atom stereocenters. The highest BCUT2D eigenvalue weighted by Gasteiger charge is 2.34. The lowest BCUT2D eigenvalue weighted by atomic mass is 9.81. The molecule has 1 saturated carbocycles. The van der Waals surface area contributed by atoms with Crippen molar-refractivity contribution in [3.05, 3.63) is 0 Å². The highest BCUT2D eigenvalue weighted by molar-refractivity contribution is 4.85. The summed E-state index contributed by atoms with van der Waals surface area (Å²) in [6.07, 6.45) is 5.92. The van der Waals surface area contributed by atoms with E-state index in [1.165, 1.54) is 19.3 Å². The summed E-state index contributed by atoms with van der Waals surface area (Å²) in [5.74, 6) is 1.81. The van der Waals surface area contributed by atoms with E-state index in [4.69, 9.17) is 4.74 Å². The molecule has 2 aliphatic rings. The summed E-state index contributed by atoms with van der Waals surface area (Å²) in [4.78, 5) is 0. The molecule has 2 heteroatoms. The van der Waals surface area contributed by atoms with Gasteiger partial charge in [0, 0.05) is 13.2 Å². The van der Waals surface area contributed by atoms with Gasteiger partial charge in [0.15, 0.2) is 0 Å². The molecule has 1 aliphatic carbocycles. The first-order valence-corrected chi connectivity index (χ1v) is 6.05. The molecule has 0 aromatic heterocycles. The molecule has 0 bridgehead atoms. The number of hydrogen-bond acceptors (Lipinski definition) is 2. The standard InChI is InChI=1S/C12H22O2/c1-9-3-2-4-11(9)12(13)10-5-7-14-8-6-10/h9-13H,2-8H2,1H3. The van der Waals surface area contributed by atoms with E-state index in [2.05, 4.69) is 6.92 Å². The molecule has 0 aromatic rings. The summed E-state index contributed by atoms with van der Waals surface area (Å²) >= 11 is 0. The molecule has 0 spiro atoms. The fourth-order valence-electron chi connectivity index (χ4n) is 3.09. The average molecular weight is 198 g/mol. The van der Waals surface area contributed by atoms with Crippen LogP contribution >= 0.6 is 0 Å². The van der Waals surface area contributed by atoms with Gasteiger partial charge in [-0.2, -0.15) is 0 Å². The van der Waals surface area contributed by atoms with Gasteiger partial charge in [-0.25, -0.2) is 0 Å². The molecule has 1 aliphatic heterocycles. The normalized spacial score (nSPS) is 37.3. The number of rotatable bonds is 2. The van der Waals surface area contributed by atoms with Crippen molar-refractivity contribution in [3.63, 3.8) is 0 Å². The summed E-state index contributed by atoms with van der Waals surface area (Å²) in [6.45, 7) is 3.99. The molecule has 82 valence electrons. The minimum absolute atomic E-state index is 0.0589. The van der Waals surface area contributed by atoms with Crippen molar-refractivity contribution in [1.29, 1.82) is 0 Å². The van der Waals surface area contributed by atoms with Crippen molar-refractivity contribution < 1.29 is 9.84 Å². The van der Waals surface area contributed by atoms with Crippen LogP contribution in [-0.4, -0.2) is 24.4 Å². The second kappa shape index (κ2) is 4.63. The predicted molar refractivity (Wildman–Crippen MR) is 56.1 cm³/mol. The van der Waals surface area contributed by atoms with E-state index in [-0.39, 0.29) is 6.10 Å². The lowest BCUT2D eigenvalue weighted by Gasteiger charge is -2.32. The van der Waals surface area contributed by atoms with Crippen molar-refractivity contribution in [2.75, 3.05) is 13.2 Å². The predicted octanol–water partition coefficient (Wildman–Crippen LogP) is 2.21. The molecule has 1 heterocycles. The van der Waals surface area contributed by atoms with E-state index in [1.54, 1.807) is 0 Å². The Bertz CT molecular complexity index is 175. The van der Waals surface area contributed by atoms with Gasteiger partial charge in [-0.1, -0.05) is 19.8 Å². The lowest BCUT2D eigenvalue weighted by Crippen LogP contribution is -2.34. The third-order valence-corrected chi connectivity index (χ3v) is 4.12. The third-order valence-electron chi connectivity index (χ3n) is 4.12. The Morgan fingerprint density at radius 2 is 1.86 bits per heavy atom. The van der Waals surface area contributed by atoms with Gasteiger partial charge in [0.1, 0.15) is 0 Å². The van der Waals surface area contributed by atoms with Crippen LogP contribution in [0.15, 0.2) is 0 Å². The zero-order valence-electron chi connectivity index (χ0n) is 9.11. The minimum atomic E-state index is -0.0589. The highest BCUT2D eigenvalue weighted by atomic mass is 16.5. The van der Waals surface area contributed by atoms with Crippen molar-refractivity contribution in [2.24, 2.45) is 17.8 Å². The topological polar surface area (TPSA) is 29.5 Å². The Kier molecular flexibility index (Phi) is 3.45. The highest BCUT2D eigenvalue weighted by Crippen LogP contribution is 2.37. The van der Waals surface area contributed by atoms with Crippen LogP contribution in [0.3, 0.4) is 0 Å². The van der Waals surface area contributed by atoms with Gasteiger partial charge in [0.25, 0.3) is 0 Å². The fourth-order valence-corrected chi connectivity index (χ4v) is 3.09. The van der Waals surface area contributed by atoms with Crippen LogP contribution in [0.25, 0.3) is 0 Å². The maximum atomic E-state index is 10.3. The van der Waals surface area contributed by atoms with Gasteiger partial charge in [-0.15, -0.1) is 0 Å². The second-order valence-electron chi connectivity index (χ2n) is 5.01. The zero-order chi connectivity index (χ0) is 9.97. The lowest BCUT2D eigenvalue weighted by molar-refractivity contribution is -0.0240. The molecule has 0 radical (unpaired) electrons. The molecular formula is C12H22O2. The van der Waals surface area contributed by atoms with E-state index in [1.807, 2.05) is 0 Å². The first-order chi connectivity index (χ1) is 6.79. The molecule has 3 atom stereocenters. The van der Waals surface area contributed by atoms with Crippen LogP contribution in [0.1, 0.15) is 39.0 Å². The number of aliphatic hydroxyl groups excluding tert-OH is 1. The molecule has 1 N–H and O–H groups in total. The first kappa shape index (κ1) is 10.4. The monoisotopic (exact) mass is 198 g/mol. The Morgan fingerprint density at radius 1 is 1.14 bits per heavy atom. The molecule has 0 aromatic carbocycles. The van der Waals surface area contributed by atoms with Gasteiger partial charge >= 0.3 is 0 Å². The molecule has 2 rings (SSSR count). The van der Waals surface area contributed by atoms with Gasteiger partial charge in [-0.05, 0) is 37.0 Å². The first-order valence-electron chi connectivity index (χ1n) is 6.05. The number of ether oxygens (including phenoxy) is 1. The number of aliphatic hydroxyl groups is 1. The fraction of sp³-hybridized carbons (Fsp3) is 1.00. The van der Waals surface area contributed by atoms with Gasteiger partial charge in [-0.3, -0.25) is 0 Å². The van der Waals surface area contributed by atoms with E-state index in [9.17, 15) is 5.11 Å². The van der Waals surface area contributed by atoms with E-state index >= 15 is 0 Å². The molecular weight excluding hydrogens is 176 g/mol. The van der Waals surface area contributed by atoms with Crippen LogP contribution in [0.5, 0.6) is 0 Å². The van der Waals surface area contributed by atoms with Crippen LogP contribution in [-0.2, 0) is 4.74 Å². The Hall–Kier alpha value is -0.0800. The molecule has 14 heavy (non-hydrogen) atoms. The minimum Gasteiger partial charge on any atom is -0.393 e. The van der Waals surface area contributed by atoms with E-state index in [0.717, 1.165) is 32.0 Å². The average Bonchev–Trinajstić information content (AvgIpc) is 2.65. The molecule has 2 fully saturated rings. The van der Waals surface area contributed by atoms with Crippen molar-refractivity contribution in [3.8, 4) is 0 Å². The summed E-state index contributed by atoms with van der Waals surface area (Å²) in [6, 6.07) is 0. The smallest absolute Gasteiger partial charge is 0.0600 e. The second-order valence-corrected chi connectivity index (χ2v) is 5.01. The SMILES string of the molecule is CC1CCCC1C(O)C1CCOCC1. The third kappa shape index (κ3) is 2.12. The van der Waals surface area contributed by atoms with E-state index < -0.39 is 0 Å². The van der Waals surface area contributed by atoms with Crippen molar-refractivity contribution in [1.82, 2.24) is 0 Å². The van der Waals surface area contributed by atoms with Crippen LogP contribution in [0.2, 0.25) is 0 Å². The quantitative estimate of drug-likeness (QED) is 0.737. The van der Waals surface area contributed by atoms with E-state index in [0.29, 0.717) is 11.8 Å². The van der Waals surface area contributed by atoms with Crippen LogP contribution in [0, 0.1) is 17.8 Å². The molecule has 1 saturated heterocycles. The Balaban J connectivity index is 1.89.